The lowest BCUT2D eigenvalue weighted by Crippen LogP contribution is -2.44. The molecule has 1 fully saturated rings. The van der Waals surface area contributed by atoms with Gasteiger partial charge in [-0.1, -0.05) is 0 Å². The van der Waals surface area contributed by atoms with Gasteiger partial charge in [-0.2, -0.15) is 0 Å². The van der Waals surface area contributed by atoms with Gasteiger partial charge in [0.05, 0.1) is 11.6 Å². The fraction of sp³-hybridized carbons (Fsp3) is 0.278. The van der Waals surface area contributed by atoms with E-state index in [1.165, 1.54) is 0 Å². The molecule has 0 atom stereocenters. The molecule has 0 spiro atoms. The van der Waals surface area contributed by atoms with Gasteiger partial charge in [0.15, 0.2) is 0 Å². The molecule has 1 aliphatic heterocycles. The van der Waals surface area contributed by atoms with E-state index in [1.807, 2.05) is 6.07 Å². The van der Waals surface area contributed by atoms with Crippen LogP contribution in [0.15, 0.2) is 47.3 Å². The van der Waals surface area contributed by atoms with Gasteiger partial charge in [-0.05, 0) is 25.2 Å². The van der Waals surface area contributed by atoms with Gasteiger partial charge in [0, 0.05) is 50.3 Å². The lowest BCUT2D eigenvalue weighted by Gasteiger charge is -2.33. The Kier molecular flexibility index (Phi) is 4.07. The molecule has 0 unspecified atom stereocenters. The van der Waals surface area contributed by atoms with Crippen molar-refractivity contribution in [2.75, 3.05) is 43.4 Å². The number of likely N-dealkylation sites (N-methyl/N-ethyl adjacent to an activating group) is 1. The monoisotopic (exact) mass is 337 g/mol. The predicted octanol–water partition coefficient (Wildman–Crippen LogP) is 2.23. The fourth-order valence-electron chi connectivity index (χ4n) is 2.97. The minimum Gasteiger partial charge on any atom is -0.464 e. The second kappa shape index (κ2) is 6.52. The summed E-state index contributed by atoms with van der Waals surface area (Å²) in [7, 11) is 2.12. The summed E-state index contributed by atoms with van der Waals surface area (Å²) in [5.74, 6) is 0.614. The fourth-order valence-corrected chi connectivity index (χ4v) is 2.97. The van der Waals surface area contributed by atoms with Gasteiger partial charge in [-0.15, -0.1) is 0 Å². The van der Waals surface area contributed by atoms with Crippen LogP contribution in [0.3, 0.4) is 0 Å². The van der Waals surface area contributed by atoms with Crippen LogP contribution in [0.25, 0.3) is 11.0 Å². The summed E-state index contributed by atoms with van der Waals surface area (Å²) in [4.78, 5) is 25.7. The third kappa shape index (κ3) is 3.18. The van der Waals surface area contributed by atoms with Crippen LogP contribution in [0.5, 0.6) is 0 Å². The number of amides is 1. The van der Waals surface area contributed by atoms with E-state index >= 15 is 0 Å². The second-order valence-electron chi connectivity index (χ2n) is 6.14. The minimum atomic E-state index is -0.262. The van der Waals surface area contributed by atoms with Crippen LogP contribution in [-0.4, -0.2) is 54.0 Å². The van der Waals surface area contributed by atoms with Gasteiger partial charge in [0.2, 0.25) is 0 Å². The zero-order valence-corrected chi connectivity index (χ0v) is 14.0. The van der Waals surface area contributed by atoms with E-state index < -0.39 is 0 Å². The molecule has 4 heterocycles. The number of aromatic nitrogens is 2. The number of rotatable bonds is 3. The Morgan fingerprint density at radius 1 is 1.12 bits per heavy atom. The zero-order valence-electron chi connectivity index (χ0n) is 14.0. The first-order chi connectivity index (χ1) is 12.2. The van der Waals surface area contributed by atoms with E-state index in [-0.39, 0.29) is 5.91 Å². The summed E-state index contributed by atoms with van der Waals surface area (Å²) in [6.45, 7) is 3.86. The molecule has 1 saturated heterocycles. The van der Waals surface area contributed by atoms with Gasteiger partial charge in [0.25, 0.3) is 5.91 Å². The van der Waals surface area contributed by atoms with E-state index in [0.717, 1.165) is 32.0 Å². The maximum absolute atomic E-state index is 12.6. The number of nitrogens with zero attached hydrogens (tertiary/aromatic N) is 4. The molecule has 1 aliphatic rings. The summed E-state index contributed by atoms with van der Waals surface area (Å²) in [6.07, 6.45) is 4.85. The first-order valence-corrected chi connectivity index (χ1v) is 8.24. The molecule has 0 saturated carbocycles. The van der Waals surface area contributed by atoms with E-state index in [1.54, 1.807) is 36.9 Å². The topological polar surface area (TPSA) is 74.5 Å². The molecule has 0 aliphatic carbocycles. The molecule has 3 aromatic rings. The average molecular weight is 337 g/mol. The van der Waals surface area contributed by atoms with Crippen LogP contribution in [0.2, 0.25) is 0 Å². The first kappa shape index (κ1) is 15.6. The summed E-state index contributed by atoms with van der Waals surface area (Å²) < 4.78 is 5.33. The van der Waals surface area contributed by atoms with Crippen molar-refractivity contribution in [1.29, 1.82) is 0 Å². The van der Waals surface area contributed by atoms with Crippen molar-refractivity contribution >= 4 is 28.4 Å². The van der Waals surface area contributed by atoms with Crippen LogP contribution in [-0.2, 0) is 0 Å². The van der Waals surface area contributed by atoms with Crippen molar-refractivity contribution in [2.45, 2.75) is 0 Å². The van der Waals surface area contributed by atoms with Crippen molar-refractivity contribution in [3.63, 3.8) is 0 Å². The van der Waals surface area contributed by atoms with Crippen LogP contribution < -0.4 is 10.2 Å². The first-order valence-electron chi connectivity index (χ1n) is 8.24. The number of carbonyl (C=O) groups excluding carboxylic acids is 1. The number of nitrogens with one attached hydrogen (secondary N) is 1. The molecular formula is C18H19N5O2. The summed E-state index contributed by atoms with van der Waals surface area (Å²) in [5.41, 5.74) is 1.70. The van der Waals surface area contributed by atoms with Crippen LogP contribution >= 0.6 is 0 Å². The Labute approximate surface area is 145 Å². The van der Waals surface area contributed by atoms with Crippen molar-refractivity contribution in [3.05, 3.63) is 48.6 Å². The van der Waals surface area contributed by atoms with E-state index in [2.05, 4.69) is 32.1 Å². The molecule has 0 aromatic carbocycles. The second-order valence-corrected chi connectivity index (χ2v) is 6.14. The number of fused-ring (bicyclic) bond motifs is 1. The maximum atomic E-state index is 12.6. The maximum Gasteiger partial charge on any atom is 0.275 e. The zero-order chi connectivity index (χ0) is 17.2. The number of hydrogen-bond donors (Lipinski definition) is 1. The molecule has 128 valence electrons. The molecule has 0 radical (unpaired) electrons. The number of hydrogen-bond acceptors (Lipinski definition) is 6. The molecule has 1 N–H and O–H groups in total. The number of pyridine rings is 2. The molecule has 1 amide bonds. The van der Waals surface area contributed by atoms with Crippen LogP contribution in [0.4, 0.5) is 11.5 Å². The lowest BCUT2D eigenvalue weighted by atomic mass is 10.2. The Hall–Kier alpha value is -2.93. The largest absolute Gasteiger partial charge is 0.464 e. The summed E-state index contributed by atoms with van der Waals surface area (Å²) >= 11 is 0. The summed E-state index contributed by atoms with van der Waals surface area (Å²) in [6, 6.07) is 7.18. The predicted molar refractivity (Wildman–Crippen MR) is 95.9 cm³/mol. The van der Waals surface area contributed by atoms with E-state index in [4.69, 9.17) is 4.42 Å². The third-order valence-corrected chi connectivity index (χ3v) is 4.43. The summed E-state index contributed by atoms with van der Waals surface area (Å²) in [5, 5.41) is 3.61. The Morgan fingerprint density at radius 2 is 1.92 bits per heavy atom. The standard InChI is InChI=1S/C18H19N5O2/c1-22-7-9-23(10-8-22)16-12-13(2-5-19-16)21-18(24)17-14-4-11-25-15(14)3-6-20-17/h2-6,11-12H,7-10H2,1H3,(H,19,21,24). The molecule has 7 heteroatoms. The number of piperazine rings is 1. The van der Waals surface area contributed by atoms with Crippen molar-refractivity contribution in [2.24, 2.45) is 0 Å². The number of carbonyl (C=O) groups is 1. The van der Waals surface area contributed by atoms with Gasteiger partial charge in [0.1, 0.15) is 17.1 Å². The lowest BCUT2D eigenvalue weighted by molar-refractivity contribution is 0.102. The molecular weight excluding hydrogens is 318 g/mol. The normalized spacial score (nSPS) is 15.5. The third-order valence-electron chi connectivity index (χ3n) is 4.43. The van der Waals surface area contributed by atoms with Gasteiger partial charge >= 0.3 is 0 Å². The molecule has 0 bridgehead atoms. The number of anilines is 2. The van der Waals surface area contributed by atoms with E-state index in [9.17, 15) is 4.79 Å². The highest BCUT2D eigenvalue weighted by Gasteiger charge is 2.17. The smallest absolute Gasteiger partial charge is 0.275 e. The molecule has 3 aromatic heterocycles. The van der Waals surface area contributed by atoms with Crippen molar-refractivity contribution in [3.8, 4) is 0 Å². The highest BCUT2D eigenvalue weighted by Crippen LogP contribution is 2.21. The molecule has 7 nitrogen and oxygen atoms in total. The highest BCUT2D eigenvalue weighted by atomic mass is 16.3. The Morgan fingerprint density at radius 3 is 2.76 bits per heavy atom. The van der Waals surface area contributed by atoms with E-state index in [0.29, 0.717) is 22.4 Å². The quantitative estimate of drug-likeness (QED) is 0.790. The molecule has 25 heavy (non-hydrogen) atoms. The minimum absolute atomic E-state index is 0.262. The van der Waals surface area contributed by atoms with Crippen LogP contribution in [0.1, 0.15) is 10.5 Å². The van der Waals surface area contributed by atoms with Gasteiger partial charge in [-0.25, -0.2) is 4.98 Å². The Bertz CT molecular complexity index is 899. The van der Waals surface area contributed by atoms with Crippen LogP contribution in [0, 0.1) is 0 Å². The molecule has 4 rings (SSSR count). The average Bonchev–Trinajstić information content (AvgIpc) is 3.11. The van der Waals surface area contributed by atoms with Gasteiger partial charge in [-0.3, -0.25) is 9.78 Å². The van der Waals surface area contributed by atoms with Crippen molar-refractivity contribution < 1.29 is 9.21 Å². The van der Waals surface area contributed by atoms with Gasteiger partial charge < -0.3 is 19.5 Å². The van der Waals surface area contributed by atoms with Crippen molar-refractivity contribution in [1.82, 2.24) is 14.9 Å². The highest BCUT2D eigenvalue weighted by molar-refractivity contribution is 6.10. The number of furan rings is 1. The SMILES string of the molecule is CN1CCN(c2cc(NC(=O)c3nccc4occc34)ccn2)CC1. The Balaban J connectivity index is 1.54.